The van der Waals surface area contributed by atoms with Gasteiger partial charge in [-0.15, -0.1) is 0 Å². The van der Waals surface area contributed by atoms with Gasteiger partial charge in [-0.3, -0.25) is 4.79 Å². The molecule has 15 rings (SSSR count). The van der Waals surface area contributed by atoms with Crippen LogP contribution in [0.1, 0.15) is 154 Å². The molecule has 2 saturated heterocycles. The molecule has 4 heterocycles. The van der Waals surface area contributed by atoms with Crippen LogP contribution in [0.2, 0.25) is 10.0 Å². The summed E-state index contributed by atoms with van der Waals surface area (Å²) < 4.78 is 16.1. The van der Waals surface area contributed by atoms with Crippen LogP contribution >= 0.6 is 34.7 Å². The van der Waals surface area contributed by atoms with Crippen LogP contribution in [0, 0.1) is 29.1 Å². The van der Waals surface area contributed by atoms with Crippen molar-refractivity contribution in [2.24, 2.45) is 29.1 Å². The zero-order chi connectivity index (χ0) is 70.1. The van der Waals surface area contributed by atoms with Crippen molar-refractivity contribution in [2.75, 3.05) is 20.8 Å². The molecule has 8 aromatic carbocycles. The number of aliphatic hydroxyl groups is 1. The Morgan fingerprint density at radius 1 is 0.626 bits per heavy atom. The SMILES string of the molecule is B1OC(c2ccccc2)(c2ccccc2)[C@@H]2CCCN12.COC(=O)c1ccccc1CCC(=O)c1cccc(/C=C/c2ccc3ccc(Cl)cc3n2)c1.COC(=O)c1ccccc1CC[C@@H](O)c1cccc(/C=C/c2ccc3ccc(Cl)cc3n2)c1.C[C@H]1[C@H](C)C[C@@H]2C[C@H]1C2(C)C.[B]Cl. The Hall–Kier alpha value is -8.45. The number of hydrogen-bond acceptors (Lipinski definition) is 10. The van der Waals surface area contributed by atoms with Gasteiger partial charge in [-0.05, 0) is 192 Å². The van der Waals surface area contributed by atoms with E-state index in [4.69, 9.17) is 37.3 Å². The Balaban J connectivity index is 0.000000150. The molecule has 0 amide bonds. The number of carbonyl (C=O) groups is 3. The highest BCUT2D eigenvalue weighted by atomic mass is 35.5. The molecule has 99 heavy (non-hydrogen) atoms. The van der Waals surface area contributed by atoms with Crippen LogP contribution in [-0.4, -0.2) is 79.3 Å². The fraction of sp³-hybridized carbons (Fsp3) is 0.274. The number of pyridine rings is 2. The highest BCUT2D eigenvalue weighted by molar-refractivity contribution is 6.80. The second-order valence-electron chi connectivity index (χ2n) is 26.5. The van der Waals surface area contributed by atoms with Crippen molar-refractivity contribution >= 4 is 113 Å². The Morgan fingerprint density at radius 2 is 1.14 bits per heavy atom. The van der Waals surface area contributed by atoms with Gasteiger partial charge in [-0.2, -0.15) is 0 Å². The number of fused-ring (bicyclic) bond motifs is 5. The summed E-state index contributed by atoms with van der Waals surface area (Å²) >= 11 is 16.3. The summed E-state index contributed by atoms with van der Waals surface area (Å²) in [5, 5.41) is 14.1. The summed E-state index contributed by atoms with van der Waals surface area (Å²) in [5.74, 6) is 3.33. The number of methoxy groups -OCH3 is 2. The minimum Gasteiger partial charge on any atom is -0.465 e. The number of benzene rings is 8. The average molecular weight is 1380 g/mol. The van der Waals surface area contributed by atoms with Gasteiger partial charge in [0.25, 0.3) is 0 Å². The van der Waals surface area contributed by atoms with E-state index in [0.29, 0.717) is 63.9 Å². The minimum atomic E-state index is -0.648. The zero-order valence-corrected chi connectivity index (χ0v) is 59.3. The molecule has 3 saturated carbocycles. The first-order chi connectivity index (χ1) is 48.0. The van der Waals surface area contributed by atoms with E-state index in [1.807, 2.05) is 158 Å². The Labute approximate surface area is 600 Å². The largest absolute Gasteiger partial charge is 0.465 e. The van der Waals surface area contributed by atoms with Crippen molar-refractivity contribution in [2.45, 2.75) is 96.8 Å². The predicted octanol–water partition coefficient (Wildman–Crippen LogP) is 19.5. The maximum atomic E-state index is 12.8. The van der Waals surface area contributed by atoms with E-state index in [1.165, 1.54) is 51.0 Å². The molecule has 2 bridgehead atoms. The number of ketones is 1. The lowest BCUT2D eigenvalue weighted by molar-refractivity contribution is -0.124. The fourth-order valence-corrected chi connectivity index (χ4v) is 14.9. The van der Waals surface area contributed by atoms with E-state index in [9.17, 15) is 19.5 Å². The van der Waals surface area contributed by atoms with Crippen LogP contribution in [0.4, 0.5) is 0 Å². The van der Waals surface area contributed by atoms with E-state index in [1.54, 1.807) is 24.3 Å². The molecule has 2 radical (unpaired) electrons. The zero-order valence-electron chi connectivity index (χ0n) is 57.1. The second kappa shape index (κ2) is 34.6. The Morgan fingerprint density at radius 3 is 1.68 bits per heavy atom. The van der Waals surface area contributed by atoms with Gasteiger partial charge in [-0.25, -0.2) is 31.0 Å². The molecule has 5 aliphatic rings. The molecule has 504 valence electrons. The number of rotatable bonds is 16. The number of hydrogen-bond donors (Lipinski definition) is 1. The fourth-order valence-electron chi connectivity index (χ4n) is 14.6. The van der Waals surface area contributed by atoms with Gasteiger partial charge in [0.1, 0.15) is 5.60 Å². The molecule has 1 N–H and O–H groups in total. The molecule has 10 nitrogen and oxygen atoms in total. The predicted molar refractivity (Wildman–Crippen MR) is 407 cm³/mol. The number of aliphatic hydroxyl groups excluding tert-OH is 1. The topological polar surface area (TPSA) is 128 Å². The second-order valence-corrected chi connectivity index (χ2v) is 27.4. The van der Waals surface area contributed by atoms with E-state index in [-0.39, 0.29) is 17.4 Å². The van der Waals surface area contributed by atoms with Gasteiger partial charge >= 0.3 is 19.6 Å². The number of Topliss-reactive ketones (excluding diaryl/α,β-unsaturated/α-hetero) is 1. The lowest BCUT2D eigenvalue weighted by Crippen LogP contribution is -2.54. The minimum absolute atomic E-state index is 0.0170. The van der Waals surface area contributed by atoms with E-state index < -0.39 is 12.1 Å². The van der Waals surface area contributed by atoms with Crippen LogP contribution in [0.25, 0.3) is 46.1 Å². The lowest BCUT2D eigenvalue weighted by Gasteiger charge is -2.61. The third-order valence-corrected chi connectivity index (χ3v) is 20.8. The number of ether oxygens (including phenoxy) is 2. The summed E-state index contributed by atoms with van der Waals surface area (Å²) in [5.41, 5.74) is 12.3. The molecule has 6 atom stereocenters. The summed E-state index contributed by atoms with van der Waals surface area (Å²) in [6.45, 7) is 11.0. The third kappa shape index (κ3) is 17.9. The first kappa shape index (κ1) is 73.3. The smallest absolute Gasteiger partial charge is 0.364 e. The molecule has 5 fully saturated rings. The number of halogens is 3. The molecule has 10 aromatic rings. The van der Waals surface area contributed by atoms with Crippen LogP contribution in [0.5, 0.6) is 0 Å². The molecule has 2 aliphatic heterocycles. The highest BCUT2D eigenvalue weighted by Crippen LogP contribution is 2.62. The Kier molecular flexibility index (Phi) is 25.6. The van der Waals surface area contributed by atoms with Crippen molar-refractivity contribution in [1.29, 1.82) is 0 Å². The van der Waals surface area contributed by atoms with Crippen molar-refractivity contribution in [3.8, 4) is 0 Å². The molecular weight excluding hydrogens is 1290 g/mol. The van der Waals surface area contributed by atoms with Gasteiger partial charge in [-0.1, -0.05) is 221 Å². The quantitative estimate of drug-likeness (QED) is 0.0567. The van der Waals surface area contributed by atoms with E-state index in [2.05, 4.69) is 122 Å². The molecule has 0 unspecified atom stereocenters. The maximum absolute atomic E-state index is 12.8. The molecule has 15 heteroatoms. The van der Waals surface area contributed by atoms with Crippen molar-refractivity contribution in [3.05, 3.63) is 295 Å². The highest BCUT2D eigenvalue weighted by Gasteiger charge is 2.55. The van der Waals surface area contributed by atoms with Crippen molar-refractivity contribution < 1.29 is 33.6 Å². The number of aromatic nitrogens is 2. The summed E-state index contributed by atoms with van der Waals surface area (Å²) in [6.07, 6.45) is 14.4. The van der Waals surface area contributed by atoms with Gasteiger partial charge < -0.3 is 24.0 Å². The molecule has 0 spiro atoms. The molecule has 3 aliphatic carbocycles. The van der Waals surface area contributed by atoms with Crippen LogP contribution in [0.3, 0.4) is 0 Å². The normalized spacial score (nSPS) is 18.7. The van der Waals surface area contributed by atoms with Crippen molar-refractivity contribution in [3.63, 3.8) is 0 Å². The lowest BCUT2D eigenvalue weighted by atomic mass is 9.44. The van der Waals surface area contributed by atoms with E-state index >= 15 is 0 Å². The van der Waals surface area contributed by atoms with Crippen LogP contribution < -0.4 is 0 Å². The van der Waals surface area contributed by atoms with Crippen LogP contribution in [0.15, 0.2) is 218 Å². The van der Waals surface area contributed by atoms with Crippen LogP contribution in [-0.2, 0) is 32.6 Å². The van der Waals surface area contributed by atoms with E-state index in [0.717, 1.165) is 98.8 Å². The monoisotopic (exact) mass is 1370 g/mol. The summed E-state index contributed by atoms with van der Waals surface area (Å²) in [6, 6.07) is 70.9. The van der Waals surface area contributed by atoms with Gasteiger partial charge in [0.2, 0.25) is 7.26 Å². The average Bonchev–Trinajstić information content (AvgIpc) is 1.63. The third-order valence-electron chi connectivity index (χ3n) is 20.3. The van der Waals surface area contributed by atoms with Gasteiger partial charge in [0.05, 0.1) is 53.9 Å². The summed E-state index contributed by atoms with van der Waals surface area (Å²) in [4.78, 5) is 48.5. The first-order valence-electron chi connectivity index (χ1n) is 33.9. The van der Waals surface area contributed by atoms with Crippen molar-refractivity contribution in [1.82, 2.24) is 14.8 Å². The maximum Gasteiger partial charge on any atom is 0.364 e. The number of nitrogens with zero attached hydrogens (tertiary/aromatic N) is 3. The molecule has 2 aromatic heterocycles. The number of esters is 2. The van der Waals surface area contributed by atoms with Gasteiger partial charge in [0.15, 0.2) is 5.78 Å². The molecular formula is C84H84B2Cl3N3O7. The standard InChI is InChI=1S/C28H24ClNO3.C28H22ClNO3.C17H18BNO.C11H20.BCl/c2*1-33-28(32)25-8-3-2-6-20(25)12-16-27(31)22-7-4-5-19(17-22)9-14-24-15-11-21-10-13-23(29)18-26(21)30-24;1-3-8-14(9-4-1)17(15-10-5-2-6-11-15)16-12-7-13-19(16)18-20-17;1-7-5-9-6-10(8(7)2)11(9,3)4;1-2/h2-11,13-15,17-18,27,31H,12,16H2,1H3;2-11,13-15,17-18H,12,16H2,1H3;1-6,8-11,16,18H,7,12-13H2;7-10H,5-6H2,1-4H3;/b2*14-9+;;;/t27-;;16-;7-,8+,9-,10-;/m1.01./s1. The summed E-state index contributed by atoms with van der Waals surface area (Å²) in [7, 11) is 7.44. The first-order valence-corrected chi connectivity index (χ1v) is 35.1. The number of carbonyl (C=O) groups excluding carboxylic acids is 3. The number of aryl methyl sites for hydroxylation is 2. The Bertz CT molecular complexity index is 4420. The van der Waals surface area contributed by atoms with Gasteiger partial charge in [0, 0.05) is 38.8 Å².